The van der Waals surface area contributed by atoms with Crippen molar-refractivity contribution >= 4 is 52.3 Å². The van der Waals surface area contributed by atoms with Gasteiger partial charge in [-0.2, -0.15) is 0 Å². The number of imide groups is 1. The monoisotopic (exact) mass is 709 g/mol. The second-order valence-electron chi connectivity index (χ2n) is 11.0. The maximum absolute atomic E-state index is 12.4. The van der Waals surface area contributed by atoms with Crippen LogP contribution in [0.5, 0.6) is 5.75 Å². The molecule has 2 heterocycles. The van der Waals surface area contributed by atoms with Gasteiger partial charge in [-0.05, 0) is 30.2 Å². The molecule has 2 atom stereocenters. The second-order valence-corrected chi connectivity index (χ2v) is 12.2. The van der Waals surface area contributed by atoms with Crippen LogP contribution >= 0.6 is 11.8 Å². The van der Waals surface area contributed by atoms with Crippen molar-refractivity contribution in [1.82, 2.24) is 20.5 Å². The Morgan fingerprint density at radius 3 is 2.27 bits per heavy atom. The van der Waals surface area contributed by atoms with Crippen molar-refractivity contribution in [2.75, 3.05) is 85.4 Å². The number of aliphatic carboxylic acids is 1. The van der Waals surface area contributed by atoms with Crippen molar-refractivity contribution in [3.63, 3.8) is 0 Å². The van der Waals surface area contributed by atoms with Crippen molar-refractivity contribution in [2.45, 2.75) is 37.0 Å². The van der Waals surface area contributed by atoms with Crippen LogP contribution in [0.4, 0.5) is 0 Å². The normalized spacial score (nSPS) is 15.1. The van der Waals surface area contributed by atoms with Crippen molar-refractivity contribution in [3.8, 4) is 5.75 Å². The number of thioether (sulfide) groups is 1. The molecule has 1 aliphatic heterocycles. The smallest absolute Gasteiger partial charge is 0.321 e. The number of hydrogen-bond donors (Lipinski definition) is 5. The van der Waals surface area contributed by atoms with E-state index >= 15 is 0 Å². The summed E-state index contributed by atoms with van der Waals surface area (Å²) in [4.78, 5) is 63.8. The predicted molar refractivity (Wildman–Crippen MR) is 180 cm³/mol. The van der Waals surface area contributed by atoms with Gasteiger partial charge in [0.2, 0.25) is 23.6 Å². The Morgan fingerprint density at radius 2 is 1.59 bits per heavy atom. The van der Waals surface area contributed by atoms with Gasteiger partial charge >= 0.3 is 5.97 Å². The highest BCUT2D eigenvalue weighted by atomic mass is 32.2. The number of aromatic nitrogens is 1. The number of methoxy groups -OCH3 is 1. The lowest BCUT2D eigenvalue weighted by atomic mass is 10.1. The molecule has 0 bridgehead atoms. The van der Waals surface area contributed by atoms with Gasteiger partial charge in [-0.15, -0.1) is 11.8 Å². The predicted octanol–water partition coefficient (Wildman–Crippen LogP) is 0.0706. The summed E-state index contributed by atoms with van der Waals surface area (Å²) in [6, 6.07) is 4.73. The number of rotatable bonds is 26. The van der Waals surface area contributed by atoms with E-state index in [4.69, 9.17) is 34.5 Å². The molecule has 4 amide bonds. The molecule has 49 heavy (non-hydrogen) atoms. The molecule has 1 fully saturated rings. The molecule has 3 rings (SSSR count). The first-order valence-electron chi connectivity index (χ1n) is 16.1. The fourth-order valence-corrected chi connectivity index (χ4v) is 5.83. The molecular formula is C32H47N5O11S. The van der Waals surface area contributed by atoms with Crippen LogP contribution in [0.15, 0.2) is 24.4 Å². The molecule has 1 aromatic carbocycles. The average molecular weight is 710 g/mol. The molecule has 0 saturated carbocycles. The molecule has 1 aliphatic rings. The number of nitrogens with one attached hydrogen (secondary N) is 3. The molecule has 0 aliphatic carbocycles. The number of carbonyl (C=O) groups excluding carboxylic acids is 4. The van der Waals surface area contributed by atoms with Crippen molar-refractivity contribution in [3.05, 3.63) is 30.0 Å². The number of nitrogens with zero attached hydrogens (tertiary/aromatic N) is 1. The lowest BCUT2D eigenvalue weighted by Gasteiger charge is -2.15. The minimum Gasteiger partial charge on any atom is -0.497 e. The quantitative estimate of drug-likeness (QED) is 0.0646. The van der Waals surface area contributed by atoms with Crippen LogP contribution in [0, 0.1) is 0 Å². The van der Waals surface area contributed by atoms with Crippen LogP contribution in [0.1, 0.15) is 24.8 Å². The van der Waals surface area contributed by atoms with E-state index in [9.17, 15) is 24.0 Å². The van der Waals surface area contributed by atoms with Gasteiger partial charge in [-0.25, -0.2) is 0 Å². The molecule has 6 N–H and O–H groups in total. The van der Waals surface area contributed by atoms with Crippen LogP contribution in [0.2, 0.25) is 0 Å². The maximum atomic E-state index is 12.4. The first kappa shape index (κ1) is 39.7. The Bertz CT molecular complexity index is 1370. The molecule has 1 saturated heterocycles. The number of fused-ring (bicyclic) bond motifs is 1. The van der Waals surface area contributed by atoms with Gasteiger partial charge in [0.25, 0.3) is 0 Å². The van der Waals surface area contributed by atoms with E-state index in [1.54, 1.807) is 7.11 Å². The Labute approximate surface area is 289 Å². The summed E-state index contributed by atoms with van der Waals surface area (Å²) >= 11 is 1.03. The van der Waals surface area contributed by atoms with Crippen LogP contribution in [0.3, 0.4) is 0 Å². The number of carboxylic acid groups (broad SMARTS) is 1. The summed E-state index contributed by atoms with van der Waals surface area (Å²) < 4.78 is 27.1. The summed E-state index contributed by atoms with van der Waals surface area (Å²) in [5.74, 6) is -1.60. The topological polar surface area (TPSA) is 221 Å². The van der Waals surface area contributed by atoms with E-state index < -0.39 is 29.1 Å². The molecule has 272 valence electrons. The number of carboxylic acids is 1. The van der Waals surface area contributed by atoms with Gasteiger partial charge in [0.05, 0.1) is 65.2 Å². The van der Waals surface area contributed by atoms with Crippen LogP contribution < -0.4 is 21.1 Å². The zero-order valence-electron chi connectivity index (χ0n) is 27.7. The summed E-state index contributed by atoms with van der Waals surface area (Å²) in [7, 11) is 1.63. The second kappa shape index (κ2) is 22.1. The first-order valence-corrected chi connectivity index (χ1v) is 17.2. The third-order valence-corrected chi connectivity index (χ3v) is 8.73. The average Bonchev–Trinajstić information content (AvgIpc) is 3.62. The zero-order valence-corrected chi connectivity index (χ0v) is 28.6. The van der Waals surface area contributed by atoms with E-state index in [-0.39, 0.29) is 56.5 Å². The number of H-pyrrole nitrogens is 1. The number of ether oxygens (including phenoxy) is 5. The molecule has 0 spiro atoms. The number of likely N-dealkylation sites (tertiary alicyclic amines) is 1. The number of benzene rings is 1. The number of carbonyl (C=O) groups is 5. The van der Waals surface area contributed by atoms with E-state index in [0.717, 1.165) is 38.9 Å². The van der Waals surface area contributed by atoms with Crippen molar-refractivity contribution < 1.29 is 52.8 Å². The Kier molecular flexibility index (Phi) is 17.9. The maximum Gasteiger partial charge on any atom is 0.321 e. The van der Waals surface area contributed by atoms with Crippen molar-refractivity contribution in [2.24, 2.45) is 5.73 Å². The van der Waals surface area contributed by atoms with Crippen LogP contribution in [-0.4, -0.2) is 141 Å². The Morgan fingerprint density at radius 1 is 0.959 bits per heavy atom. The molecule has 17 heteroatoms. The van der Waals surface area contributed by atoms with Gasteiger partial charge in [-0.1, -0.05) is 0 Å². The third-order valence-electron chi connectivity index (χ3n) is 7.41. The number of nitrogens with two attached hydrogens (primary N) is 1. The van der Waals surface area contributed by atoms with Crippen LogP contribution in [-0.2, 0) is 49.3 Å². The Hall–Kier alpha value is -3.74. The highest BCUT2D eigenvalue weighted by Crippen LogP contribution is 2.26. The molecule has 2 aromatic rings. The molecule has 1 unspecified atom stereocenters. The first-order chi connectivity index (χ1) is 23.7. The summed E-state index contributed by atoms with van der Waals surface area (Å²) in [6.07, 6.45) is 2.83. The van der Waals surface area contributed by atoms with E-state index in [1.165, 1.54) is 0 Å². The van der Waals surface area contributed by atoms with E-state index in [2.05, 4.69) is 15.6 Å². The van der Waals surface area contributed by atoms with E-state index in [1.807, 2.05) is 24.4 Å². The highest BCUT2D eigenvalue weighted by molar-refractivity contribution is 8.00. The fraction of sp³-hybridized carbons (Fsp3) is 0.594. The summed E-state index contributed by atoms with van der Waals surface area (Å²) in [6.45, 7) is 3.52. The number of hydrogen-bond acceptors (Lipinski definition) is 12. The number of aromatic amines is 1. The molecular weight excluding hydrogens is 662 g/mol. The van der Waals surface area contributed by atoms with Gasteiger partial charge in [-0.3, -0.25) is 28.9 Å². The number of amides is 4. The van der Waals surface area contributed by atoms with Gasteiger partial charge in [0.1, 0.15) is 11.8 Å². The van der Waals surface area contributed by atoms with Gasteiger partial charge in [0, 0.05) is 61.7 Å². The Balaban J connectivity index is 1.07. The van der Waals surface area contributed by atoms with Crippen molar-refractivity contribution in [1.29, 1.82) is 0 Å². The minimum absolute atomic E-state index is 0.0122. The summed E-state index contributed by atoms with van der Waals surface area (Å²) in [5, 5.41) is 14.8. The third kappa shape index (κ3) is 14.3. The fourth-order valence-electron chi connectivity index (χ4n) is 4.72. The van der Waals surface area contributed by atoms with Crippen LogP contribution in [0.25, 0.3) is 10.9 Å². The molecule has 0 radical (unpaired) electrons. The van der Waals surface area contributed by atoms with Gasteiger partial charge < -0.3 is 50.1 Å². The largest absolute Gasteiger partial charge is 0.497 e. The lowest BCUT2D eigenvalue weighted by molar-refractivity contribution is -0.139. The molecule has 1 aromatic heterocycles. The lowest BCUT2D eigenvalue weighted by Crippen LogP contribution is -2.37. The SMILES string of the molecule is COc1ccc2[nH]cc(CCNC(=O)CCOCCOCCOCCOCCNC(=O)CCN3C(=O)CC(SC[C@H](N)C(=O)O)C3=O)c2c1. The minimum atomic E-state index is -1.18. The molecule has 16 nitrogen and oxygen atoms in total. The summed E-state index contributed by atoms with van der Waals surface area (Å²) in [5.41, 5.74) is 7.59. The van der Waals surface area contributed by atoms with E-state index in [0.29, 0.717) is 59.2 Å². The van der Waals surface area contributed by atoms with Gasteiger partial charge in [0.15, 0.2) is 0 Å². The highest BCUT2D eigenvalue weighted by Gasteiger charge is 2.39. The standard InChI is InChI=1S/C32H47N5O11S/c1-44-23-2-3-26-24(18-23)22(20-36-26)4-7-34-29(39)6-10-45-12-14-47-16-17-48-15-13-46-11-8-35-28(38)5-9-37-30(40)19-27(31(37)41)49-21-25(33)32(42)43/h2-3,18,20,25,27,36H,4-17,19,21,33H2,1H3,(H,34,39)(H,35,38)(H,42,43)/t25-,27?/m0/s1. The zero-order chi connectivity index (χ0) is 35.4.